The van der Waals surface area contributed by atoms with Crippen molar-refractivity contribution in [3.63, 3.8) is 0 Å². The topological polar surface area (TPSA) is 63.7 Å². The van der Waals surface area contributed by atoms with Gasteiger partial charge < -0.3 is 4.74 Å². The molecule has 3 rings (SSSR count). The molecule has 0 saturated heterocycles. The average molecular weight is 476 g/mol. The van der Waals surface area contributed by atoms with Gasteiger partial charge in [0, 0.05) is 5.02 Å². The quantitative estimate of drug-likeness (QED) is 0.308. The van der Waals surface area contributed by atoms with Gasteiger partial charge in [-0.1, -0.05) is 59.6 Å². The van der Waals surface area contributed by atoms with Crippen molar-refractivity contribution in [2.24, 2.45) is 0 Å². The molecule has 0 aliphatic rings. The molecule has 0 amide bonds. The number of anilines is 1. The highest BCUT2D eigenvalue weighted by molar-refractivity contribution is 7.92. The molecule has 0 heterocycles. The summed E-state index contributed by atoms with van der Waals surface area (Å²) in [6.45, 7) is 3.70. The van der Waals surface area contributed by atoms with Gasteiger partial charge in [-0.2, -0.15) is 0 Å². The zero-order valence-electron chi connectivity index (χ0n) is 16.4. The van der Waals surface area contributed by atoms with Gasteiger partial charge in [0.2, 0.25) is 0 Å². The third kappa shape index (κ3) is 5.47. The monoisotopic (exact) mass is 475 g/mol. The van der Waals surface area contributed by atoms with Crippen LogP contribution in [0.5, 0.6) is 0 Å². The number of hydrogen-bond acceptors (Lipinski definition) is 4. The SMILES string of the molecule is C=CCN(c1ccccc1)S(=O)(=O)c1ccc(Cl)c(C(=O)OCc2ccc(Cl)cc2)c1. The van der Waals surface area contributed by atoms with Crippen molar-refractivity contribution in [1.82, 2.24) is 0 Å². The Kier molecular flexibility index (Phi) is 7.38. The molecule has 31 heavy (non-hydrogen) atoms. The van der Waals surface area contributed by atoms with Crippen LogP contribution in [0.4, 0.5) is 5.69 Å². The Labute approximate surface area is 191 Å². The standard InChI is InChI=1S/C23H19Cl2NO4S/c1-2-14-26(19-6-4-3-5-7-19)31(28,29)20-12-13-22(25)21(15-20)23(27)30-16-17-8-10-18(24)11-9-17/h2-13,15H,1,14,16H2. The first-order valence-corrected chi connectivity index (χ1v) is 11.4. The number of halogens is 2. The minimum atomic E-state index is -3.98. The number of hydrogen-bond donors (Lipinski definition) is 0. The molecule has 0 unspecified atom stereocenters. The second-order valence-electron chi connectivity index (χ2n) is 6.50. The van der Waals surface area contributed by atoms with Crippen LogP contribution >= 0.6 is 23.2 Å². The molecule has 160 valence electrons. The molecule has 0 bridgehead atoms. The van der Waals surface area contributed by atoms with Crippen LogP contribution < -0.4 is 4.31 Å². The molecule has 3 aromatic rings. The maximum absolute atomic E-state index is 13.3. The summed E-state index contributed by atoms with van der Waals surface area (Å²) in [6.07, 6.45) is 1.49. The first-order chi connectivity index (χ1) is 14.8. The number of benzene rings is 3. The Morgan fingerprint density at radius 1 is 1.00 bits per heavy atom. The van der Waals surface area contributed by atoms with Crippen LogP contribution in [0.15, 0.2) is 90.3 Å². The number of carbonyl (C=O) groups is 1. The minimum absolute atomic E-state index is 0.00405. The van der Waals surface area contributed by atoms with Crippen LogP contribution in [-0.2, 0) is 21.4 Å². The first-order valence-electron chi connectivity index (χ1n) is 9.22. The lowest BCUT2D eigenvalue weighted by atomic mass is 10.2. The molecule has 8 heteroatoms. The van der Waals surface area contributed by atoms with Crippen LogP contribution in [0.2, 0.25) is 10.0 Å². The Bertz CT molecular complexity index is 1180. The summed E-state index contributed by atoms with van der Waals surface area (Å²) in [5, 5.41) is 0.661. The molecule has 0 N–H and O–H groups in total. The largest absolute Gasteiger partial charge is 0.457 e. The van der Waals surface area contributed by atoms with Crippen LogP contribution in [-0.4, -0.2) is 20.9 Å². The van der Waals surface area contributed by atoms with E-state index in [2.05, 4.69) is 6.58 Å². The van der Waals surface area contributed by atoms with E-state index >= 15 is 0 Å². The van der Waals surface area contributed by atoms with Gasteiger partial charge in [-0.15, -0.1) is 6.58 Å². The fourth-order valence-corrected chi connectivity index (χ4v) is 4.59. The highest BCUT2D eigenvalue weighted by atomic mass is 35.5. The van der Waals surface area contributed by atoms with E-state index in [1.165, 1.54) is 28.6 Å². The van der Waals surface area contributed by atoms with Crippen LogP contribution in [0, 0.1) is 0 Å². The van der Waals surface area contributed by atoms with Crippen LogP contribution in [0.3, 0.4) is 0 Å². The van der Waals surface area contributed by atoms with Crippen molar-refractivity contribution >= 4 is 44.9 Å². The molecule has 0 spiro atoms. The Balaban J connectivity index is 1.88. The predicted octanol–water partition coefficient (Wildman–Crippen LogP) is 5.73. The second kappa shape index (κ2) is 10.0. The summed E-state index contributed by atoms with van der Waals surface area (Å²) in [6, 6.07) is 19.4. The van der Waals surface area contributed by atoms with E-state index in [1.54, 1.807) is 54.6 Å². The average Bonchev–Trinajstić information content (AvgIpc) is 2.77. The van der Waals surface area contributed by atoms with E-state index in [0.29, 0.717) is 10.7 Å². The molecule has 0 saturated carbocycles. The van der Waals surface area contributed by atoms with Gasteiger partial charge in [-0.3, -0.25) is 4.31 Å². The maximum Gasteiger partial charge on any atom is 0.340 e. The number of nitrogens with zero attached hydrogens (tertiary/aromatic N) is 1. The van der Waals surface area contributed by atoms with Crippen molar-refractivity contribution in [2.45, 2.75) is 11.5 Å². The Hall–Kier alpha value is -2.80. The molecule has 0 atom stereocenters. The third-order valence-corrected chi connectivity index (χ3v) is 6.74. The smallest absolute Gasteiger partial charge is 0.340 e. The van der Waals surface area contributed by atoms with Crippen LogP contribution in [0.1, 0.15) is 15.9 Å². The Morgan fingerprint density at radius 2 is 1.68 bits per heavy atom. The zero-order valence-corrected chi connectivity index (χ0v) is 18.7. The summed E-state index contributed by atoms with van der Waals surface area (Å²) >= 11 is 12.0. The molecular weight excluding hydrogens is 457 g/mol. The first kappa shape index (κ1) is 22.9. The van der Waals surface area contributed by atoms with E-state index in [4.69, 9.17) is 27.9 Å². The summed E-state index contributed by atoms with van der Waals surface area (Å²) in [5.41, 5.74) is 1.17. The van der Waals surface area contributed by atoms with Gasteiger partial charge in [-0.05, 0) is 48.0 Å². The van der Waals surface area contributed by atoms with Crippen molar-refractivity contribution in [3.05, 3.63) is 107 Å². The number of ether oxygens (including phenoxy) is 1. The molecule has 0 aliphatic carbocycles. The minimum Gasteiger partial charge on any atom is -0.457 e. The van der Waals surface area contributed by atoms with Crippen molar-refractivity contribution in [3.8, 4) is 0 Å². The summed E-state index contributed by atoms with van der Waals surface area (Å²) in [7, 11) is -3.98. The number of rotatable bonds is 8. The Morgan fingerprint density at radius 3 is 2.32 bits per heavy atom. The van der Waals surface area contributed by atoms with Crippen molar-refractivity contribution in [1.29, 1.82) is 0 Å². The fourth-order valence-electron chi connectivity index (χ4n) is 2.81. The fraction of sp³-hybridized carbons (Fsp3) is 0.0870. The summed E-state index contributed by atoms with van der Waals surface area (Å²) < 4.78 is 33.1. The van der Waals surface area contributed by atoms with Gasteiger partial charge in [0.15, 0.2) is 0 Å². The lowest BCUT2D eigenvalue weighted by Crippen LogP contribution is -2.31. The van der Waals surface area contributed by atoms with Crippen LogP contribution in [0.25, 0.3) is 0 Å². The van der Waals surface area contributed by atoms with Gasteiger partial charge in [0.1, 0.15) is 6.61 Å². The molecular formula is C23H19Cl2NO4S. The van der Waals surface area contributed by atoms with E-state index in [9.17, 15) is 13.2 Å². The highest BCUT2D eigenvalue weighted by Crippen LogP contribution is 2.27. The molecule has 0 radical (unpaired) electrons. The van der Waals surface area contributed by atoms with E-state index in [1.807, 2.05) is 0 Å². The zero-order chi connectivity index (χ0) is 22.4. The number of esters is 1. The molecule has 0 fully saturated rings. The second-order valence-corrected chi connectivity index (χ2v) is 9.21. The highest BCUT2D eigenvalue weighted by Gasteiger charge is 2.26. The van der Waals surface area contributed by atoms with E-state index in [-0.39, 0.29) is 28.6 Å². The van der Waals surface area contributed by atoms with Gasteiger partial charge in [-0.25, -0.2) is 13.2 Å². The number of para-hydroxylation sites is 1. The lowest BCUT2D eigenvalue weighted by Gasteiger charge is -2.23. The third-order valence-electron chi connectivity index (χ3n) is 4.37. The molecule has 0 aliphatic heterocycles. The maximum atomic E-state index is 13.3. The van der Waals surface area contributed by atoms with Gasteiger partial charge >= 0.3 is 5.97 Å². The van der Waals surface area contributed by atoms with Gasteiger partial charge in [0.05, 0.1) is 27.7 Å². The van der Waals surface area contributed by atoms with Crippen molar-refractivity contribution < 1.29 is 17.9 Å². The summed E-state index contributed by atoms with van der Waals surface area (Å²) in [5.74, 6) is -0.730. The molecule has 0 aromatic heterocycles. The van der Waals surface area contributed by atoms with E-state index < -0.39 is 16.0 Å². The lowest BCUT2D eigenvalue weighted by molar-refractivity contribution is 0.0472. The molecule has 3 aromatic carbocycles. The number of sulfonamides is 1. The predicted molar refractivity (Wildman–Crippen MR) is 123 cm³/mol. The molecule has 5 nitrogen and oxygen atoms in total. The van der Waals surface area contributed by atoms with Crippen molar-refractivity contribution in [2.75, 3.05) is 10.8 Å². The van der Waals surface area contributed by atoms with Gasteiger partial charge in [0.25, 0.3) is 10.0 Å². The van der Waals surface area contributed by atoms with E-state index in [0.717, 1.165) is 5.56 Å². The summed E-state index contributed by atoms with van der Waals surface area (Å²) in [4.78, 5) is 12.5. The normalized spacial score (nSPS) is 11.0. The number of carbonyl (C=O) groups excluding carboxylic acids is 1.